The van der Waals surface area contributed by atoms with E-state index in [0.717, 1.165) is 41.9 Å². The summed E-state index contributed by atoms with van der Waals surface area (Å²) in [5.41, 5.74) is 6.73. The number of aromatic nitrogens is 1. The van der Waals surface area contributed by atoms with E-state index in [1.54, 1.807) is 6.20 Å². The summed E-state index contributed by atoms with van der Waals surface area (Å²) in [5.74, 6) is 2.12. The van der Waals surface area contributed by atoms with Crippen molar-refractivity contribution in [2.45, 2.75) is 25.9 Å². The molecule has 0 saturated carbocycles. The predicted molar refractivity (Wildman–Crippen MR) is 84.8 cm³/mol. The second-order valence-electron chi connectivity index (χ2n) is 5.50. The van der Waals surface area contributed by atoms with Crippen LogP contribution in [0.3, 0.4) is 0 Å². The van der Waals surface area contributed by atoms with Crippen molar-refractivity contribution in [3.05, 3.63) is 48.4 Å². The SMILES string of the molecule is CC[C@@H](C[C@H]1C=C(N)NC1)Oc1ccc2cccnc2c1. The van der Waals surface area contributed by atoms with E-state index in [1.165, 1.54) is 0 Å². The molecule has 110 valence electrons. The van der Waals surface area contributed by atoms with Crippen molar-refractivity contribution in [3.63, 3.8) is 0 Å². The van der Waals surface area contributed by atoms with Gasteiger partial charge in [0.1, 0.15) is 5.75 Å². The van der Waals surface area contributed by atoms with E-state index in [2.05, 4.69) is 35.4 Å². The Hall–Kier alpha value is -2.23. The normalized spacial score (nSPS) is 19.1. The number of rotatable bonds is 5. The molecule has 0 radical (unpaired) electrons. The minimum atomic E-state index is 0.195. The molecule has 0 unspecified atom stereocenters. The zero-order chi connectivity index (χ0) is 14.7. The summed E-state index contributed by atoms with van der Waals surface area (Å²) in [6.07, 6.45) is 6.05. The van der Waals surface area contributed by atoms with E-state index < -0.39 is 0 Å². The zero-order valence-electron chi connectivity index (χ0n) is 12.3. The number of nitrogens with zero attached hydrogens (tertiary/aromatic N) is 1. The van der Waals surface area contributed by atoms with Crippen LogP contribution < -0.4 is 15.8 Å². The number of nitrogens with two attached hydrogens (primary N) is 1. The lowest BCUT2D eigenvalue weighted by Gasteiger charge is -2.20. The monoisotopic (exact) mass is 283 g/mol. The maximum absolute atomic E-state index is 6.13. The number of pyridine rings is 1. The highest BCUT2D eigenvalue weighted by Crippen LogP contribution is 2.23. The Morgan fingerprint density at radius 3 is 3.10 bits per heavy atom. The molecule has 0 saturated heterocycles. The Labute approximate surface area is 125 Å². The number of hydrogen-bond donors (Lipinski definition) is 2. The van der Waals surface area contributed by atoms with Gasteiger partial charge in [-0.2, -0.15) is 0 Å². The average molecular weight is 283 g/mol. The van der Waals surface area contributed by atoms with Gasteiger partial charge < -0.3 is 15.8 Å². The Morgan fingerprint density at radius 1 is 1.43 bits per heavy atom. The lowest BCUT2D eigenvalue weighted by atomic mass is 10.0. The van der Waals surface area contributed by atoms with Gasteiger partial charge in [-0.15, -0.1) is 0 Å². The molecule has 0 amide bonds. The molecular weight excluding hydrogens is 262 g/mol. The minimum Gasteiger partial charge on any atom is -0.490 e. The maximum Gasteiger partial charge on any atom is 0.121 e. The molecule has 1 aromatic carbocycles. The summed E-state index contributed by atoms with van der Waals surface area (Å²) in [5, 5.41) is 4.29. The van der Waals surface area contributed by atoms with Gasteiger partial charge >= 0.3 is 0 Å². The highest BCUT2D eigenvalue weighted by atomic mass is 16.5. The first-order valence-electron chi connectivity index (χ1n) is 7.47. The molecule has 2 heterocycles. The molecule has 2 atom stereocenters. The van der Waals surface area contributed by atoms with Gasteiger partial charge in [0.05, 0.1) is 17.4 Å². The number of benzene rings is 1. The first-order chi connectivity index (χ1) is 10.2. The summed E-state index contributed by atoms with van der Waals surface area (Å²) in [6, 6.07) is 10.1. The molecule has 0 spiro atoms. The highest BCUT2D eigenvalue weighted by Gasteiger charge is 2.19. The summed E-state index contributed by atoms with van der Waals surface area (Å²) >= 11 is 0. The largest absolute Gasteiger partial charge is 0.490 e. The summed E-state index contributed by atoms with van der Waals surface area (Å²) in [6.45, 7) is 3.06. The van der Waals surface area contributed by atoms with Gasteiger partial charge in [0, 0.05) is 30.1 Å². The Bertz CT molecular complexity index is 653. The Balaban J connectivity index is 1.70. The van der Waals surface area contributed by atoms with Gasteiger partial charge in [-0.25, -0.2) is 0 Å². The van der Waals surface area contributed by atoms with Crippen LogP contribution in [0.25, 0.3) is 10.9 Å². The lowest BCUT2D eigenvalue weighted by molar-refractivity contribution is 0.173. The van der Waals surface area contributed by atoms with Crippen molar-refractivity contribution in [1.29, 1.82) is 0 Å². The fourth-order valence-corrected chi connectivity index (χ4v) is 2.72. The first-order valence-corrected chi connectivity index (χ1v) is 7.47. The van der Waals surface area contributed by atoms with E-state index in [4.69, 9.17) is 10.5 Å². The van der Waals surface area contributed by atoms with E-state index in [1.807, 2.05) is 18.2 Å². The molecule has 4 heteroatoms. The molecular formula is C17H21N3O. The maximum atomic E-state index is 6.13. The van der Waals surface area contributed by atoms with Crippen LogP contribution in [-0.2, 0) is 0 Å². The topological polar surface area (TPSA) is 60.2 Å². The van der Waals surface area contributed by atoms with Crippen LogP contribution in [-0.4, -0.2) is 17.6 Å². The second kappa shape index (κ2) is 6.04. The molecule has 3 rings (SSSR count). The Kier molecular flexibility index (Phi) is 3.95. The van der Waals surface area contributed by atoms with E-state index in [0.29, 0.717) is 5.92 Å². The number of ether oxygens (including phenoxy) is 1. The molecule has 0 fully saturated rings. The summed E-state index contributed by atoms with van der Waals surface area (Å²) < 4.78 is 6.13. The lowest BCUT2D eigenvalue weighted by Crippen LogP contribution is -2.22. The fourth-order valence-electron chi connectivity index (χ4n) is 2.72. The molecule has 2 aromatic rings. The van der Waals surface area contributed by atoms with Crippen LogP contribution in [0.5, 0.6) is 5.75 Å². The molecule has 3 N–H and O–H groups in total. The van der Waals surface area contributed by atoms with Gasteiger partial charge in [-0.3, -0.25) is 4.98 Å². The second-order valence-corrected chi connectivity index (χ2v) is 5.50. The van der Waals surface area contributed by atoms with Crippen molar-refractivity contribution in [1.82, 2.24) is 10.3 Å². The molecule has 1 aliphatic rings. The Morgan fingerprint density at radius 2 is 2.33 bits per heavy atom. The summed E-state index contributed by atoms with van der Waals surface area (Å²) in [4.78, 5) is 4.37. The predicted octanol–water partition coefficient (Wildman–Crippen LogP) is 2.80. The zero-order valence-corrected chi connectivity index (χ0v) is 12.3. The molecule has 0 aliphatic carbocycles. The molecule has 0 bridgehead atoms. The third-order valence-electron chi connectivity index (χ3n) is 3.88. The van der Waals surface area contributed by atoms with Crippen molar-refractivity contribution in [2.75, 3.05) is 6.54 Å². The fraction of sp³-hybridized carbons (Fsp3) is 0.353. The third-order valence-corrected chi connectivity index (χ3v) is 3.88. The molecule has 1 aliphatic heterocycles. The minimum absolute atomic E-state index is 0.195. The van der Waals surface area contributed by atoms with Gasteiger partial charge in [-0.1, -0.05) is 13.0 Å². The van der Waals surface area contributed by atoms with Crippen LogP contribution in [0.2, 0.25) is 0 Å². The van der Waals surface area contributed by atoms with Crippen LogP contribution in [0.1, 0.15) is 19.8 Å². The van der Waals surface area contributed by atoms with Gasteiger partial charge in [0.15, 0.2) is 0 Å². The number of hydrogen-bond acceptors (Lipinski definition) is 4. The quantitative estimate of drug-likeness (QED) is 0.886. The highest BCUT2D eigenvalue weighted by molar-refractivity contribution is 5.79. The van der Waals surface area contributed by atoms with Crippen molar-refractivity contribution >= 4 is 10.9 Å². The molecule has 1 aromatic heterocycles. The van der Waals surface area contributed by atoms with E-state index in [9.17, 15) is 0 Å². The standard InChI is InChI=1S/C17H21N3O/c1-2-14(8-12-9-17(18)20-11-12)21-15-6-5-13-4-3-7-19-16(13)10-15/h3-7,9-10,12,14,20H,2,8,11,18H2,1H3/t12-,14-/m0/s1. The van der Waals surface area contributed by atoms with Crippen LogP contribution in [0.15, 0.2) is 48.4 Å². The first kappa shape index (κ1) is 13.7. The van der Waals surface area contributed by atoms with Crippen molar-refractivity contribution < 1.29 is 4.74 Å². The van der Waals surface area contributed by atoms with E-state index in [-0.39, 0.29) is 6.10 Å². The van der Waals surface area contributed by atoms with Gasteiger partial charge in [0.25, 0.3) is 0 Å². The summed E-state index contributed by atoms with van der Waals surface area (Å²) in [7, 11) is 0. The van der Waals surface area contributed by atoms with Crippen LogP contribution in [0.4, 0.5) is 0 Å². The average Bonchev–Trinajstić information content (AvgIpc) is 2.91. The van der Waals surface area contributed by atoms with Crippen molar-refractivity contribution in [2.24, 2.45) is 11.7 Å². The van der Waals surface area contributed by atoms with Crippen molar-refractivity contribution in [3.8, 4) is 5.75 Å². The smallest absolute Gasteiger partial charge is 0.121 e. The molecule has 21 heavy (non-hydrogen) atoms. The van der Waals surface area contributed by atoms with Gasteiger partial charge in [-0.05, 0) is 37.1 Å². The number of nitrogens with one attached hydrogen (secondary N) is 1. The van der Waals surface area contributed by atoms with E-state index >= 15 is 0 Å². The third kappa shape index (κ3) is 3.27. The number of fused-ring (bicyclic) bond motifs is 1. The van der Waals surface area contributed by atoms with Crippen LogP contribution in [0, 0.1) is 5.92 Å². The van der Waals surface area contributed by atoms with Crippen LogP contribution >= 0.6 is 0 Å². The van der Waals surface area contributed by atoms with Gasteiger partial charge in [0.2, 0.25) is 0 Å². The molecule has 4 nitrogen and oxygen atoms in total.